The number of benzene rings is 1. The van der Waals surface area contributed by atoms with E-state index in [0.717, 1.165) is 5.56 Å². The van der Waals surface area contributed by atoms with Crippen molar-refractivity contribution in [1.29, 1.82) is 0 Å². The van der Waals surface area contributed by atoms with Crippen LogP contribution in [-0.2, 0) is 0 Å². The summed E-state index contributed by atoms with van der Waals surface area (Å²) in [6.07, 6.45) is 0. The number of hydrogen-bond donors (Lipinski definition) is 1. The van der Waals surface area contributed by atoms with Crippen LogP contribution < -0.4 is 3.53 Å². The minimum atomic E-state index is -0.186. The Morgan fingerprint density at radius 1 is 1.36 bits per heavy atom. The van der Waals surface area contributed by atoms with Crippen LogP contribution in [0.2, 0.25) is 0 Å². The van der Waals surface area contributed by atoms with E-state index in [0.29, 0.717) is 0 Å². The van der Waals surface area contributed by atoms with E-state index in [2.05, 4.69) is 26.4 Å². The summed E-state index contributed by atoms with van der Waals surface area (Å²) < 4.78 is 15.5. The fourth-order valence-corrected chi connectivity index (χ4v) is 1.17. The van der Waals surface area contributed by atoms with Crippen LogP contribution in [0.3, 0.4) is 0 Å². The van der Waals surface area contributed by atoms with Crippen LogP contribution in [0.5, 0.6) is 0 Å². The standard InChI is InChI=1S/C8H9FIN/c1-6(11-10)7-2-4-8(9)5-3-7/h2-6,11H,1H3/t6-/m0/s1. The zero-order chi connectivity index (χ0) is 8.27. The van der Waals surface area contributed by atoms with Crippen molar-refractivity contribution in [2.45, 2.75) is 13.0 Å². The van der Waals surface area contributed by atoms with Gasteiger partial charge in [0.1, 0.15) is 5.82 Å². The second-order valence-corrected chi connectivity index (χ2v) is 3.01. The highest BCUT2D eigenvalue weighted by Crippen LogP contribution is 2.13. The molecule has 3 heteroatoms. The van der Waals surface area contributed by atoms with Crippen LogP contribution in [-0.4, -0.2) is 0 Å². The van der Waals surface area contributed by atoms with Crippen LogP contribution in [0.15, 0.2) is 24.3 Å². The van der Waals surface area contributed by atoms with Crippen molar-refractivity contribution in [2.24, 2.45) is 0 Å². The molecule has 0 saturated heterocycles. The number of rotatable bonds is 2. The van der Waals surface area contributed by atoms with E-state index in [1.54, 1.807) is 12.1 Å². The zero-order valence-corrected chi connectivity index (χ0v) is 8.30. The Kier molecular flexibility index (Phi) is 3.26. The molecule has 0 bridgehead atoms. The molecule has 1 aromatic carbocycles. The van der Waals surface area contributed by atoms with Gasteiger partial charge in [-0.3, -0.25) is 3.53 Å². The van der Waals surface area contributed by atoms with Crippen LogP contribution in [0.1, 0.15) is 18.5 Å². The summed E-state index contributed by atoms with van der Waals surface area (Å²) >= 11 is 2.08. The number of halogens is 2. The van der Waals surface area contributed by atoms with E-state index in [9.17, 15) is 4.39 Å². The first-order chi connectivity index (χ1) is 5.24. The van der Waals surface area contributed by atoms with Crippen LogP contribution in [0.25, 0.3) is 0 Å². The quantitative estimate of drug-likeness (QED) is 0.640. The summed E-state index contributed by atoms with van der Waals surface area (Å²) in [5, 5.41) is 0. The monoisotopic (exact) mass is 265 g/mol. The first kappa shape index (κ1) is 8.93. The average molecular weight is 265 g/mol. The molecule has 0 spiro atoms. The van der Waals surface area contributed by atoms with Gasteiger partial charge >= 0.3 is 0 Å². The maximum absolute atomic E-state index is 12.4. The number of nitrogens with one attached hydrogen (secondary N) is 1. The Balaban J connectivity index is 2.81. The highest BCUT2D eigenvalue weighted by molar-refractivity contribution is 14.1. The molecular formula is C8H9FIN. The summed E-state index contributed by atoms with van der Waals surface area (Å²) in [5.41, 5.74) is 1.10. The summed E-state index contributed by atoms with van der Waals surface area (Å²) in [6.45, 7) is 2.03. The fourth-order valence-electron chi connectivity index (χ4n) is 0.814. The number of hydrogen-bond acceptors (Lipinski definition) is 1. The Morgan fingerprint density at radius 2 is 1.91 bits per heavy atom. The molecule has 0 aliphatic heterocycles. The molecule has 1 N–H and O–H groups in total. The molecule has 1 rings (SSSR count). The predicted octanol–water partition coefficient (Wildman–Crippen LogP) is 2.83. The van der Waals surface area contributed by atoms with E-state index in [1.165, 1.54) is 12.1 Å². The van der Waals surface area contributed by atoms with Crippen molar-refractivity contribution < 1.29 is 4.39 Å². The first-order valence-electron chi connectivity index (χ1n) is 3.35. The van der Waals surface area contributed by atoms with Crippen molar-refractivity contribution in [3.63, 3.8) is 0 Å². The summed E-state index contributed by atoms with van der Waals surface area (Å²) in [4.78, 5) is 0. The Labute approximate surface area is 79.5 Å². The maximum Gasteiger partial charge on any atom is 0.123 e. The van der Waals surface area contributed by atoms with Gasteiger partial charge in [0.15, 0.2) is 0 Å². The highest BCUT2D eigenvalue weighted by Gasteiger charge is 2.01. The van der Waals surface area contributed by atoms with Gasteiger partial charge in [-0.2, -0.15) is 0 Å². The lowest BCUT2D eigenvalue weighted by Crippen LogP contribution is -2.05. The van der Waals surface area contributed by atoms with Gasteiger partial charge in [-0.05, 0) is 24.6 Å². The van der Waals surface area contributed by atoms with Crippen molar-refractivity contribution in [3.8, 4) is 0 Å². The Bertz CT molecular complexity index is 222. The molecule has 0 fully saturated rings. The van der Waals surface area contributed by atoms with E-state index in [1.807, 2.05) is 6.92 Å². The molecule has 0 unspecified atom stereocenters. The predicted molar refractivity (Wildman–Crippen MR) is 52.0 cm³/mol. The van der Waals surface area contributed by atoms with Crippen LogP contribution in [0, 0.1) is 5.82 Å². The van der Waals surface area contributed by atoms with Gasteiger partial charge in [0.25, 0.3) is 0 Å². The smallest absolute Gasteiger partial charge is 0.123 e. The molecule has 0 aliphatic carbocycles. The topological polar surface area (TPSA) is 12.0 Å². The van der Waals surface area contributed by atoms with Crippen LogP contribution >= 0.6 is 22.9 Å². The molecule has 60 valence electrons. The largest absolute Gasteiger partial charge is 0.254 e. The zero-order valence-electron chi connectivity index (χ0n) is 6.14. The Hall–Kier alpha value is -0.160. The van der Waals surface area contributed by atoms with E-state index in [4.69, 9.17) is 0 Å². The fraction of sp³-hybridized carbons (Fsp3) is 0.250. The van der Waals surface area contributed by atoms with Crippen LogP contribution in [0.4, 0.5) is 4.39 Å². The lowest BCUT2D eigenvalue weighted by Gasteiger charge is -2.07. The Morgan fingerprint density at radius 3 is 2.36 bits per heavy atom. The van der Waals surface area contributed by atoms with E-state index in [-0.39, 0.29) is 11.9 Å². The van der Waals surface area contributed by atoms with E-state index >= 15 is 0 Å². The summed E-state index contributed by atoms with van der Waals surface area (Å²) in [6, 6.07) is 6.79. The van der Waals surface area contributed by atoms with E-state index < -0.39 is 0 Å². The third-order valence-electron chi connectivity index (χ3n) is 1.53. The molecule has 0 saturated carbocycles. The minimum Gasteiger partial charge on any atom is -0.254 e. The lowest BCUT2D eigenvalue weighted by atomic mass is 10.1. The normalized spacial score (nSPS) is 13.0. The molecule has 0 aliphatic rings. The van der Waals surface area contributed by atoms with Crippen molar-refractivity contribution in [3.05, 3.63) is 35.6 Å². The molecule has 1 aromatic rings. The molecule has 0 amide bonds. The molecule has 0 radical (unpaired) electrons. The maximum atomic E-state index is 12.4. The highest BCUT2D eigenvalue weighted by atomic mass is 127. The van der Waals surface area contributed by atoms with Gasteiger partial charge in [0.05, 0.1) is 0 Å². The van der Waals surface area contributed by atoms with Gasteiger partial charge in [0, 0.05) is 28.9 Å². The second kappa shape index (κ2) is 4.01. The first-order valence-corrected chi connectivity index (χ1v) is 4.43. The lowest BCUT2D eigenvalue weighted by molar-refractivity contribution is 0.625. The summed E-state index contributed by atoms with van der Waals surface area (Å²) in [7, 11) is 0. The molecular weight excluding hydrogens is 256 g/mol. The average Bonchev–Trinajstić information content (AvgIpc) is 2.05. The van der Waals surface area contributed by atoms with Crippen molar-refractivity contribution in [2.75, 3.05) is 0 Å². The van der Waals surface area contributed by atoms with Gasteiger partial charge in [0.2, 0.25) is 0 Å². The summed E-state index contributed by atoms with van der Waals surface area (Å²) in [5.74, 6) is -0.186. The third-order valence-corrected chi connectivity index (χ3v) is 2.47. The van der Waals surface area contributed by atoms with Gasteiger partial charge in [-0.25, -0.2) is 4.39 Å². The van der Waals surface area contributed by atoms with Crippen molar-refractivity contribution >= 4 is 22.9 Å². The second-order valence-electron chi connectivity index (χ2n) is 2.38. The third kappa shape index (κ3) is 2.41. The molecule has 1 nitrogen and oxygen atoms in total. The van der Waals surface area contributed by atoms with Gasteiger partial charge < -0.3 is 0 Å². The molecule has 11 heavy (non-hydrogen) atoms. The van der Waals surface area contributed by atoms with Gasteiger partial charge in [-0.1, -0.05) is 12.1 Å². The molecule has 0 aromatic heterocycles. The SMILES string of the molecule is C[C@H](NI)c1ccc(F)cc1. The van der Waals surface area contributed by atoms with Crippen molar-refractivity contribution in [1.82, 2.24) is 3.53 Å². The molecule has 1 atom stereocenters. The van der Waals surface area contributed by atoms with Gasteiger partial charge in [-0.15, -0.1) is 0 Å². The molecule has 0 heterocycles. The minimum absolute atomic E-state index is 0.186.